The molecule has 0 aliphatic heterocycles. The highest BCUT2D eigenvalue weighted by Gasteiger charge is 2.34. The molecular weight excluding hydrogens is 517 g/mol. The smallest absolute Gasteiger partial charge is 0.234 e. The van der Waals surface area contributed by atoms with Crippen molar-refractivity contribution < 1.29 is 18.8 Å². The molecule has 0 fully saturated rings. The quantitative estimate of drug-likeness (QED) is 0.256. The normalized spacial score (nSPS) is 12.6. The van der Waals surface area contributed by atoms with Gasteiger partial charge in [-0.05, 0) is 44.3 Å². The maximum atomic E-state index is 15.2. The van der Waals surface area contributed by atoms with E-state index in [1.165, 1.54) is 12.1 Å². The van der Waals surface area contributed by atoms with E-state index in [1.54, 1.807) is 0 Å². The largest absolute Gasteiger partial charge is 0.287 e. The van der Waals surface area contributed by atoms with Crippen LogP contribution in [-0.4, -0.2) is 16.9 Å². The van der Waals surface area contributed by atoms with Crippen molar-refractivity contribution in [3.05, 3.63) is 22.4 Å². The molecule has 34 heavy (non-hydrogen) atoms. The van der Waals surface area contributed by atoms with Gasteiger partial charge in [0.05, 0.1) is 5.69 Å². The molecule has 0 radical (unpaired) electrons. The molecule has 0 saturated carbocycles. The van der Waals surface area contributed by atoms with E-state index in [4.69, 9.17) is 0 Å². The highest BCUT2D eigenvalue weighted by molar-refractivity contribution is 9.10. The SMILES string of the molecule is CCC(C)(C)CC(=O)Sc1cc(N(C(=O)CC(C)(C)CC)C(=O)CC(C)(C)CC)c(F)cc1Br. The number of benzene rings is 1. The Morgan fingerprint density at radius 1 is 0.824 bits per heavy atom. The van der Waals surface area contributed by atoms with Crippen LogP contribution in [0.2, 0.25) is 0 Å². The molecule has 0 unspecified atom stereocenters. The molecule has 0 aromatic heterocycles. The first-order chi connectivity index (χ1) is 15.5. The minimum Gasteiger partial charge on any atom is -0.287 e. The lowest BCUT2D eigenvalue weighted by molar-refractivity contribution is -0.128. The van der Waals surface area contributed by atoms with Gasteiger partial charge in [-0.25, -0.2) is 9.29 Å². The average Bonchev–Trinajstić information content (AvgIpc) is 2.70. The van der Waals surface area contributed by atoms with Crippen molar-refractivity contribution in [2.45, 2.75) is 106 Å². The molecule has 0 N–H and O–H groups in total. The van der Waals surface area contributed by atoms with Gasteiger partial charge < -0.3 is 0 Å². The van der Waals surface area contributed by atoms with Gasteiger partial charge in [0.25, 0.3) is 0 Å². The first-order valence-corrected chi connectivity index (χ1v) is 13.6. The van der Waals surface area contributed by atoms with Gasteiger partial charge in [-0.3, -0.25) is 14.4 Å². The third kappa shape index (κ3) is 9.10. The Morgan fingerprint density at radius 2 is 1.24 bits per heavy atom. The molecule has 1 aromatic rings. The van der Waals surface area contributed by atoms with Gasteiger partial charge in [-0.1, -0.05) is 93.3 Å². The van der Waals surface area contributed by atoms with E-state index in [0.29, 0.717) is 15.8 Å². The number of hydrogen-bond acceptors (Lipinski definition) is 4. The van der Waals surface area contributed by atoms with Gasteiger partial charge >= 0.3 is 0 Å². The van der Waals surface area contributed by atoms with Crippen molar-refractivity contribution in [3.8, 4) is 0 Å². The van der Waals surface area contributed by atoms with Crippen molar-refractivity contribution in [3.63, 3.8) is 0 Å². The summed E-state index contributed by atoms with van der Waals surface area (Å²) in [6.45, 7) is 17.9. The highest BCUT2D eigenvalue weighted by Crippen LogP contribution is 2.39. The molecule has 1 rings (SSSR count). The van der Waals surface area contributed by atoms with E-state index in [0.717, 1.165) is 35.9 Å². The number of carbonyl (C=O) groups excluding carboxylic acids is 3. The average molecular weight is 559 g/mol. The molecule has 1 aromatic carbocycles. The molecule has 0 spiro atoms. The molecule has 0 atom stereocenters. The lowest BCUT2D eigenvalue weighted by Gasteiger charge is -2.30. The summed E-state index contributed by atoms with van der Waals surface area (Å²) < 4.78 is 15.6. The Kier molecular flexibility index (Phi) is 11.0. The van der Waals surface area contributed by atoms with E-state index in [9.17, 15) is 14.4 Å². The van der Waals surface area contributed by atoms with Crippen LogP contribution in [-0.2, 0) is 14.4 Å². The number of nitrogens with zero attached hydrogens (tertiary/aromatic N) is 1. The Hall–Kier alpha value is -1.21. The van der Waals surface area contributed by atoms with Gasteiger partial charge in [-0.15, -0.1) is 0 Å². The van der Waals surface area contributed by atoms with Gasteiger partial charge in [0.2, 0.25) is 11.8 Å². The zero-order valence-electron chi connectivity index (χ0n) is 22.2. The predicted molar refractivity (Wildman–Crippen MR) is 144 cm³/mol. The van der Waals surface area contributed by atoms with Crippen LogP contribution in [0, 0.1) is 22.1 Å². The van der Waals surface area contributed by atoms with Crippen molar-refractivity contribution >= 4 is 50.3 Å². The molecule has 0 aliphatic carbocycles. The van der Waals surface area contributed by atoms with Crippen molar-refractivity contribution in [2.24, 2.45) is 16.2 Å². The summed E-state index contributed by atoms with van der Waals surface area (Å²) in [5, 5.41) is -0.0476. The first kappa shape index (κ1) is 30.8. The highest BCUT2D eigenvalue weighted by atomic mass is 79.9. The molecule has 7 heteroatoms. The van der Waals surface area contributed by atoms with Gasteiger partial charge in [0.15, 0.2) is 5.12 Å². The van der Waals surface area contributed by atoms with Crippen LogP contribution in [0.1, 0.15) is 101 Å². The minimum atomic E-state index is -0.678. The topological polar surface area (TPSA) is 54.5 Å². The van der Waals surface area contributed by atoms with Crippen LogP contribution in [0.15, 0.2) is 21.5 Å². The Labute approximate surface area is 217 Å². The molecule has 0 heterocycles. The minimum absolute atomic E-state index is 0.0476. The molecule has 4 nitrogen and oxygen atoms in total. The van der Waals surface area contributed by atoms with Crippen LogP contribution in [0.3, 0.4) is 0 Å². The number of carbonyl (C=O) groups is 3. The fraction of sp³-hybridized carbons (Fsp3) is 0.667. The number of hydrogen-bond donors (Lipinski definition) is 0. The lowest BCUT2D eigenvalue weighted by Crippen LogP contribution is -2.41. The number of amides is 2. The molecule has 0 saturated heterocycles. The summed E-state index contributed by atoms with van der Waals surface area (Å²) >= 11 is 4.36. The Balaban J connectivity index is 3.47. The lowest BCUT2D eigenvalue weighted by atomic mass is 9.84. The molecule has 192 valence electrons. The van der Waals surface area contributed by atoms with E-state index >= 15 is 4.39 Å². The van der Waals surface area contributed by atoms with E-state index in [-0.39, 0.29) is 39.9 Å². The zero-order valence-corrected chi connectivity index (χ0v) is 24.6. The number of rotatable bonds is 11. The van der Waals surface area contributed by atoms with Gasteiger partial charge in [-0.2, -0.15) is 0 Å². The summed E-state index contributed by atoms with van der Waals surface area (Å²) in [7, 11) is 0. The van der Waals surface area contributed by atoms with Gasteiger partial charge in [0, 0.05) is 28.6 Å². The van der Waals surface area contributed by atoms with E-state index in [1.807, 2.05) is 62.3 Å². The maximum Gasteiger partial charge on any atom is 0.234 e. The van der Waals surface area contributed by atoms with E-state index in [2.05, 4.69) is 15.9 Å². The van der Waals surface area contributed by atoms with Crippen LogP contribution in [0.4, 0.5) is 10.1 Å². The predicted octanol–water partition coefficient (Wildman–Crippen LogP) is 8.55. The van der Waals surface area contributed by atoms with Crippen LogP contribution in [0.25, 0.3) is 0 Å². The molecule has 0 bridgehead atoms. The summed E-state index contributed by atoms with van der Waals surface area (Å²) in [5.74, 6) is -1.54. The summed E-state index contributed by atoms with van der Waals surface area (Å²) in [5.41, 5.74) is -0.904. The number of imide groups is 1. The third-order valence-electron chi connectivity index (χ3n) is 6.72. The fourth-order valence-corrected chi connectivity index (χ4v) is 4.67. The fourth-order valence-electron chi connectivity index (χ4n) is 3.08. The monoisotopic (exact) mass is 557 g/mol. The van der Waals surface area contributed by atoms with Crippen molar-refractivity contribution in [1.29, 1.82) is 0 Å². The van der Waals surface area contributed by atoms with Crippen LogP contribution >= 0.6 is 27.7 Å². The molecule has 2 amide bonds. The summed E-state index contributed by atoms with van der Waals surface area (Å²) in [4.78, 5) is 41.0. The first-order valence-electron chi connectivity index (χ1n) is 12.0. The number of thioether (sulfide) groups is 1. The second-order valence-electron chi connectivity index (χ2n) is 11.4. The summed E-state index contributed by atoms with van der Waals surface area (Å²) in [6.07, 6.45) is 2.93. The second kappa shape index (κ2) is 12.2. The number of anilines is 1. The maximum absolute atomic E-state index is 15.2. The van der Waals surface area contributed by atoms with Gasteiger partial charge in [0.1, 0.15) is 5.82 Å². The number of halogens is 2. The summed E-state index contributed by atoms with van der Waals surface area (Å²) in [6, 6.07) is 2.69. The Bertz CT molecular complexity index is 881. The molecular formula is C27H41BrFNO3S. The standard InChI is InChI=1S/C27H41BrFNO3S/c1-10-25(4,5)15-22(31)30(23(32)16-26(6,7)11-2)20-14-21(18(28)13-19(20)29)34-24(33)17-27(8,9)12-3/h13-14H,10-12,15-17H2,1-9H3. The van der Waals surface area contributed by atoms with Crippen LogP contribution in [0.5, 0.6) is 0 Å². The van der Waals surface area contributed by atoms with Crippen LogP contribution < -0.4 is 4.90 Å². The zero-order chi connectivity index (χ0) is 26.5. The Morgan fingerprint density at radius 3 is 1.65 bits per heavy atom. The molecule has 0 aliphatic rings. The van der Waals surface area contributed by atoms with Crippen molar-refractivity contribution in [2.75, 3.05) is 4.90 Å². The third-order valence-corrected chi connectivity index (χ3v) is 8.57. The van der Waals surface area contributed by atoms with Crippen molar-refractivity contribution in [1.82, 2.24) is 0 Å². The van der Waals surface area contributed by atoms with E-state index < -0.39 is 17.6 Å². The second-order valence-corrected chi connectivity index (χ2v) is 13.4.